The Morgan fingerprint density at radius 3 is 2.07 bits per heavy atom. The fraction of sp³-hybridized carbons (Fsp3) is 0.300. The molecule has 1 unspecified atom stereocenters. The first-order valence-corrected chi connectivity index (χ1v) is 8.67. The van der Waals surface area contributed by atoms with Crippen LogP contribution < -0.4 is 5.48 Å². The number of hydrogen-bond acceptors (Lipinski definition) is 4. The molecule has 2 atom stereocenters. The molecule has 8 heteroatoms. The van der Waals surface area contributed by atoms with Crippen molar-refractivity contribution < 1.29 is 19.9 Å². The smallest absolute Gasteiger partial charge is 0.268 e. The van der Waals surface area contributed by atoms with Gasteiger partial charge in [0, 0.05) is 12.1 Å². The van der Waals surface area contributed by atoms with Gasteiger partial charge in [-0.05, 0) is 41.7 Å². The first-order chi connectivity index (χ1) is 12.5. The maximum absolute atomic E-state index is 12.7. The molecular formula is C20H26N2O4S2. The Bertz CT molecular complexity index is 797. The number of carbonyl (C=O) groups excluding carboxylic acids is 2. The first-order valence-electron chi connectivity index (χ1n) is 8.67. The van der Waals surface area contributed by atoms with Crippen molar-refractivity contribution in [3.63, 3.8) is 0 Å². The summed E-state index contributed by atoms with van der Waals surface area (Å²) in [4.78, 5) is 25.7. The van der Waals surface area contributed by atoms with Gasteiger partial charge in [-0.1, -0.05) is 43.3 Å². The second kappa shape index (κ2) is 10.5. The molecule has 3 rings (SSSR count). The highest BCUT2D eigenvalue weighted by molar-refractivity contribution is 7.59. The summed E-state index contributed by atoms with van der Waals surface area (Å²) < 4.78 is 0. The zero-order valence-corrected chi connectivity index (χ0v) is 17.6. The van der Waals surface area contributed by atoms with Gasteiger partial charge in [0.1, 0.15) is 6.04 Å². The van der Waals surface area contributed by atoms with Crippen molar-refractivity contribution in [2.75, 3.05) is 6.54 Å². The summed E-state index contributed by atoms with van der Waals surface area (Å²) in [5, 5.41) is 18.8. The molecule has 2 amide bonds. The molecule has 0 aromatic heterocycles. The van der Waals surface area contributed by atoms with Crippen LogP contribution in [0.3, 0.4) is 0 Å². The second-order valence-electron chi connectivity index (χ2n) is 6.40. The third-order valence-electron chi connectivity index (χ3n) is 4.83. The van der Waals surface area contributed by atoms with Crippen LogP contribution in [-0.2, 0) is 11.2 Å². The van der Waals surface area contributed by atoms with E-state index in [1.807, 2.05) is 24.3 Å². The van der Waals surface area contributed by atoms with Crippen molar-refractivity contribution >= 4 is 38.8 Å². The predicted octanol–water partition coefficient (Wildman–Crippen LogP) is 2.22. The van der Waals surface area contributed by atoms with Crippen LogP contribution in [0.25, 0.3) is 11.1 Å². The fourth-order valence-electron chi connectivity index (χ4n) is 3.29. The van der Waals surface area contributed by atoms with Gasteiger partial charge in [0.25, 0.3) is 11.8 Å². The molecule has 2 aromatic carbocycles. The lowest BCUT2D eigenvalue weighted by Gasteiger charge is -2.24. The third kappa shape index (κ3) is 4.88. The average molecular weight is 423 g/mol. The number of hydrogen-bond donors (Lipinski definition) is 3. The molecule has 6 nitrogen and oxygen atoms in total. The zero-order valence-electron chi connectivity index (χ0n) is 15.6. The SMILES string of the molecule is CCc1ccc(-c2ccc(C(=O)N3CC[C@H](O)C3C(=O)NO)cc2)cc1.S.S. The largest absolute Gasteiger partial charge is 0.390 e. The summed E-state index contributed by atoms with van der Waals surface area (Å²) in [7, 11) is 0. The van der Waals surface area contributed by atoms with E-state index in [9.17, 15) is 14.7 Å². The minimum atomic E-state index is -1.08. The quantitative estimate of drug-likeness (QED) is 0.521. The Morgan fingerprint density at radius 1 is 1.04 bits per heavy atom. The molecule has 2 aromatic rings. The molecule has 0 aliphatic carbocycles. The van der Waals surface area contributed by atoms with Crippen LogP contribution in [-0.4, -0.2) is 45.7 Å². The third-order valence-corrected chi connectivity index (χ3v) is 4.83. The normalized spacial score (nSPS) is 18.0. The molecule has 3 N–H and O–H groups in total. The van der Waals surface area contributed by atoms with Gasteiger partial charge in [0.15, 0.2) is 0 Å². The van der Waals surface area contributed by atoms with E-state index in [1.54, 1.807) is 12.1 Å². The van der Waals surface area contributed by atoms with Crippen LogP contribution in [0.4, 0.5) is 0 Å². The number of amides is 2. The molecular weight excluding hydrogens is 396 g/mol. The van der Waals surface area contributed by atoms with Gasteiger partial charge < -0.3 is 10.0 Å². The maximum Gasteiger partial charge on any atom is 0.268 e. The molecule has 1 aliphatic rings. The van der Waals surface area contributed by atoms with E-state index in [2.05, 4.69) is 19.1 Å². The Hall–Kier alpha value is -2.00. The molecule has 0 bridgehead atoms. The van der Waals surface area contributed by atoms with E-state index >= 15 is 0 Å². The van der Waals surface area contributed by atoms with Gasteiger partial charge in [-0.3, -0.25) is 14.8 Å². The minimum Gasteiger partial charge on any atom is -0.390 e. The Morgan fingerprint density at radius 2 is 1.57 bits per heavy atom. The summed E-state index contributed by atoms with van der Waals surface area (Å²) in [5.74, 6) is -1.13. The lowest BCUT2D eigenvalue weighted by Crippen LogP contribution is -2.49. The summed E-state index contributed by atoms with van der Waals surface area (Å²) in [6.45, 7) is 2.37. The van der Waals surface area contributed by atoms with Crippen molar-refractivity contribution in [3.8, 4) is 11.1 Å². The molecule has 1 saturated heterocycles. The second-order valence-corrected chi connectivity index (χ2v) is 6.40. The summed E-state index contributed by atoms with van der Waals surface area (Å²) in [6.07, 6.45) is 0.298. The zero-order chi connectivity index (χ0) is 18.7. The Kier molecular flexibility index (Phi) is 9.03. The number of rotatable bonds is 4. The Labute approximate surface area is 178 Å². The topological polar surface area (TPSA) is 89.9 Å². The van der Waals surface area contributed by atoms with Gasteiger partial charge in [-0.25, -0.2) is 5.48 Å². The van der Waals surface area contributed by atoms with Crippen molar-refractivity contribution in [1.29, 1.82) is 0 Å². The minimum absolute atomic E-state index is 0. The van der Waals surface area contributed by atoms with Crippen molar-refractivity contribution in [1.82, 2.24) is 10.4 Å². The van der Waals surface area contributed by atoms with Gasteiger partial charge >= 0.3 is 0 Å². The lowest BCUT2D eigenvalue weighted by atomic mass is 10.0. The monoisotopic (exact) mass is 422 g/mol. The first kappa shape index (κ1) is 24.0. The number of benzene rings is 2. The summed E-state index contributed by atoms with van der Waals surface area (Å²) in [5.41, 5.74) is 5.28. The number of nitrogens with zero attached hydrogens (tertiary/aromatic N) is 1. The van der Waals surface area contributed by atoms with Gasteiger partial charge in [0.2, 0.25) is 0 Å². The van der Waals surface area contributed by atoms with E-state index in [0.29, 0.717) is 12.0 Å². The Balaban J connectivity index is 0.00000196. The van der Waals surface area contributed by atoms with E-state index in [-0.39, 0.29) is 39.4 Å². The standard InChI is InChI=1S/C20H22N2O4.2H2S/c1-2-13-3-5-14(6-4-13)15-7-9-16(10-8-15)20(25)22-12-11-17(23)18(22)19(24)21-26;;/h3-10,17-18,23,26H,2,11-12H2,1H3,(H,21,24);2*1H2/t17-,18?;;/m0../s1. The molecule has 0 spiro atoms. The highest BCUT2D eigenvalue weighted by Gasteiger charge is 2.41. The molecule has 28 heavy (non-hydrogen) atoms. The van der Waals surface area contributed by atoms with Gasteiger partial charge in [0.05, 0.1) is 6.10 Å². The lowest BCUT2D eigenvalue weighted by molar-refractivity contribution is -0.135. The van der Waals surface area contributed by atoms with Crippen molar-refractivity contribution in [3.05, 3.63) is 59.7 Å². The number of aliphatic hydroxyl groups excluding tert-OH is 1. The van der Waals surface area contributed by atoms with Crippen LogP contribution in [0, 0.1) is 0 Å². The van der Waals surface area contributed by atoms with E-state index in [4.69, 9.17) is 5.21 Å². The van der Waals surface area contributed by atoms with Crippen LogP contribution >= 0.6 is 27.0 Å². The van der Waals surface area contributed by atoms with Gasteiger partial charge in [-0.15, -0.1) is 0 Å². The van der Waals surface area contributed by atoms with Crippen LogP contribution in [0.1, 0.15) is 29.3 Å². The molecule has 0 radical (unpaired) electrons. The number of hydroxylamine groups is 1. The number of likely N-dealkylation sites (tertiary alicyclic amines) is 1. The summed E-state index contributed by atoms with van der Waals surface area (Å²) in [6, 6.07) is 14.3. The summed E-state index contributed by atoms with van der Waals surface area (Å²) >= 11 is 0. The number of aliphatic hydroxyl groups is 1. The van der Waals surface area contributed by atoms with Crippen LogP contribution in [0.15, 0.2) is 48.5 Å². The highest BCUT2D eigenvalue weighted by atomic mass is 32.1. The predicted molar refractivity (Wildman–Crippen MR) is 117 cm³/mol. The van der Waals surface area contributed by atoms with E-state index < -0.39 is 18.1 Å². The number of nitrogens with one attached hydrogen (secondary N) is 1. The number of carbonyl (C=O) groups is 2. The van der Waals surface area contributed by atoms with Gasteiger partial charge in [-0.2, -0.15) is 27.0 Å². The maximum atomic E-state index is 12.7. The molecule has 1 fully saturated rings. The average Bonchev–Trinajstić information content (AvgIpc) is 3.08. The molecule has 152 valence electrons. The van der Waals surface area contributed by atoms with Crippen LogP contribution in [0.2, 0.25) is 0 Å². The van der Waals surface area contributed by atoms with E-state index in [1.165, 1.54) is 15.9 Å². The fourth-order valence-corrected chi connectivity index (χ4v) is 3.29. The molecule has 1 aliphatic heterocycles. The van der Waals surface area contributed by atoms with Crippen LogP contribution in [0.5, 0.6) is 0 Å². The van der Waals surface area contributed by atoms with E-state index in [0.717, 1.165) is 17.5 Å². The van der Waals surface area contributed by atoms with Crippen molar-refractivity contribution in [2.24, 2.45) is 0 Å². The highest BCUT2D eigenvalue weighted by Crippen LogP contribution is 2.24. The van der Waals surface area contributed by atoms with Crippen molar-refractivity contribution in [2.45, 2.75) is 31.9 Å². The number of aryl methyl sites for hydroxylation is 1. The molecule has 0 saturated carbocycles. The molecule has 1 heterocycles.